The summed E-state index contributed by atoms with van der Waals surface area (Å²) in [6.07, 6.45) is 1.98. The third kappa shape index (κ3) is 2.83. The van der Waals surface area contributed by atoms with Crippen molar-refractivity contribution in [1.29, 1.82) is 0 Å². The molecule has 0 bridgehead atoms. The van der Waals surface area contributed by atoms with Gasteiger partial charge in [-0.05, 0) is 0 Å². The molecule has 13 heavy (non-hydrogen) atoms. The van der Waals surface area contributed by atoms with Gasteiger partial charge < -0.3 is 14.4 Å². The lowest BCUT2D eigenvalue weighted by Crippen LogP contribution is -2.12. The Bertz CT molecular complexity index is 284. The van der Waals surface area contributed by atoms with Crippen LogP contribution in [0.15, 0.2) is 6.33 Å². The lowest BCUT2D eigenvalue weighted by Gasteiger charge is -2.01. The number of ether oxygens (including phenoxy) is 1. The van der Waals surface area contributed by atoms with E-state index in [2.05, 4.69) is 10.2 Å². The van der Waals surface area contributed by atoms with Crippen LogP contribution >= 0.6 is 0 Å². The highest BCUT2D eigenvalue weighted by molar-refractivity contribution is 5.66. The molecular weight excluding hydrogens is 174 g/mol. The topological polar surface area (TPSA) is 77.2 Å². The van der Waals surface area contributed by atoms with Gasteiger partial charge in [-0.3, -0.25) is 4.79 Å². The predicted octanol–water partition coefficient (Wildman–Crippen LogP) is -0.448. The first-order valence-corrected chi connectivity index (χ1v) is 3.81. The first-order valence-electron chi connectivity index (χ1n) is 3.81. The number of aromatic nitrogens is 3. The Labute approximate surface area is 75.2 Å². The standard InChI is InChI=1S/C7H11N3O3/c1-13-3-2-6-9-8-5-10(6)4-7(11)12/h5H,2-4H2,1H3,(H,11,12). The Morgan fingerprint density at radius 2 is 2.54 bits per heavy atom. The fourth-order valence-corrected chi connectivity index (χ4v) is 0.944. The van der Waals surface area contributed by atoms with Gasteiger partial charge in [0.05, 0.1) is 6.61 Å². The van der Waals surface area contributed by atoms with Crippen LogP contribution in [-0.2, 0) is 22.5 Å². The molecule has 6 heteroatoms. The van der Waals surface area contributed by atoms with Crippen LogP contribution in [0.2, 0.25) is 0 Å². The summed E-state index contributed by atoms with van der Waals surface area (Å²) in [6, 6.07) is 0. The fraction of sp³-hybridized carbons (Fsp3) is 0.571. The van der Waals surface area contributed by atoms with Gasteiger partial charge >= 0.3 is 5.97 Å². The smallest absolute Gasteiger partial charge is 0.323 e. The molecule has 1 heterocycles. The van der Waals surface area contributed by atoms with Gasteiger partial charge in [0.25, 0.3) is 0 Å². The molecule has 0 spiro atoms. The maximum atomic E-state index is 10.4. The van der Waals surface area contributed by atoms with Crippen molar-refractivity contribution in [3.63, 3.8) is 0 Å². The third-order valence-electron chi connectivity index (χ3n) is 1.53. The van der Waals surface area contributed by atoms with Crippen molar-refractivity contribution in [3.05, 3.63) is 12.2 Å². The zero-order valence-electron chi connectivity index (χ0n) is 7.30. The quantitative estimate of drug-likeness (QED) is 0.672. The molecule has 1 aromatic rings. The largest absolute Gasteiger partial charge is 0.480 e. The van der Waals surface area contributed by atoms with Crippen LogP contribution in [-0.4, -0.2) is 39.6 Å². The van der Waals surface area contributed by atoms with Crippen molar-refractivity contribution >= 4 is 5.97 Å². The molecule has 1 aromatic heterocycles. The van der Waals surface area contributed by atoms with Crippen LogP contribution in [0.25, 0.3) is 0 Å². The molecule has 0 aliphatic heterocycles. The molecule has 0 aliphatic carbocycles. The number of carboxylic acids is 1. The number of aliphatic carboxylic acids is 1. The number of hydrogen-bond acceptors (Lipinski definition) is 4. The molecule has 0 aliphatic rings. The molecule has 1 N–H and O–H groups in total. The van der Waals surface area contributed by atoms with Gasteiger partial charge in [0.2, 0.25) is 0 Å². The van der Waals surface area contributed by atoms with E-state index in [0.29, 0.717) is 18.9 Å². The molecule has 0 amide bonds. The average molecular weight is 185 g/mol. The summed E-state index contributed by atoms with van der Waals surface area (Å²) < 4.78 is 6.33. The van der Waals surface area contributed by atoms with E-state index in [4.69, 9.17) is 9.84 Å². The Balaban J connectivity index is 2.60. The zero-order valence-corrected chi connectivity index (χ0v) is 7.30. The number of methoxy groups -OCH3 is 1. The Morgan fingerprint density at radius 3 is 3.15 bits per heavy atom. The lowest BCUT2D eigenvalue weighted by molar-refractivity contribution is -0.137. The fourth-order valence-electron chi connectivity index (χ4n) is 0.944. The van der Waals surface area contributed by atoms with Crippen molar-refractivity contribution in [2.75, 3.05) is 13.7 Å². The summed E-state index contributed by atoms with van der Waals surface area (Å²) in [5, 5.41) is 15.9. The molecule has 72 valence electrons. The second-order valence-corrected chi connectivity index (χ2v) is 2.51. The minimum Gasteiger partial charge on any atom is -0.480 e. The lowest BCUT2D eigenvalue weighted by atomic mass is 10.4. The molecule has 0 aromatic carbocycles. The summed E-state index contributed by atoms with van der Waals surface area (Å²) in [6.45, 7) is 0.407. The van der Waals surface area contributed by atoms with E-state index >= 15 is 0 Å². The molecule has 0 saturated carbocycles. The highest BCUT2D eigenvalue weighted by Gasteiger charge is 2.06. The van der Waals surface area contributed by atoms with Gasteiger partial charge in [-0.25, -0.2) is 0 Å². The summed E-state index contributed by atoms with van der Waals surface area (Å²) in [4.78, 5) is 10.4. The van der Waals surface area contributed by atoms with E-state index < -0.39 is 5.97 Å². The van der Waals surface area contributed by atoms with Gasteiger partial charge in [-0.2, -0.15) is 0 Å². The number of carbonyl (C=O) groups is 1. The summed E-state index contributed by atoms with van der Waals surface area (Å²) in [7, 11) is 1.58. The van der Waals surface area contributed by atoms with Crippen LogP contribution in [0, 0.1) is 0 Å². The van der Waals surface area contributed by atoms with Crippen LogP contribution in [0.3, 0.4) is 0 Å². The van der Waals surface area contributed by atoms with Gasteiger partial charge in [-0.15, -0.1) is 10.2 Å². The number of rotatable bonds is 5. The van der Waals surface area contributed by atoms with Crippen molar-refractivity contribution in [2.45, 2.75) is 13.0 Å². The summed E-state index contributed by atoms with van der Waals surface area (Å²) in [5.74, 6) is -0.275. The molecule has 0 radical (unpaired) electrons. The highest BCUT2D eigenvalue weighted by atomic mass is 16.5. The van der Waals surface area contributed by atoms with Crippen LogP contribution in [0.1, 0.15) is 5.82 Å². The number of nitrogens with zero attached hydrogens (tertiary/aromatic N) is 3. The zero-order chi connectivity index (χ0) is 9.68. The second kappa shape index (κ2) is 4.56. The maximum Gasteiger partial charge on any atom is 0.323 e. The van der Waals surface area contributed by atoms with Crippen LogP contribution < -0.4 is 0 Å². The monoisotopic (exact) mass is 185 g/mol. The predicted molar refractivity (Wildman–Crippen MR) is 43.2 cm³/mol. The number of hydrogen-bond donors (Lipinski definition) is 1. The minimum absolute atomic E-state index is 0.105. The molecule has 0 atom stereocenters. The Morgan fingerprint density at radius 1 is 1.77 bits per heavy atom. The van der Waals surface area contributed by atoms with Gasteiger partial charge in [0, 0.05) is 13.5 Å². The first kappa shape index (κ1) is 9.66. The maximum absolute atomic E-state index is 10.4. The van der Waals surface area contributed by atoms with E-state index in [1.165, 1.54) is 10.9 Å². The van der Waals surface area contributed by atoms with Gasteiger partial charge in [0.1, 0.15) is 18.7 Å². The summed E-state index contributed by atoms with van der Waals surface area (Å²) in [5.41, 5.74) is 0. The normalized spacial score (nSPS) is 10.2. The molecule has 0 fully saturated rings. The molecular formula is C7H11N3O3. The minimum atomic E-state index is -0.904. The molecule has 0 unspecified atom stereocenters. The third-order valence-corrected chi connectivity index (χ3v) is 1.53. The summed E-state index contributed by atoms with van der Waals surface area (Å²) >= 11 is 0. The second-order valence-electron chi connectivity index (χ2n) is 2.51. The van der Waals surface area contributed by atoms with Gasteiger partial charge in [-0.1, -0.05) is 0 Å². The SMILES string of the molecule is COCCc1nncn1CC(=O)O. The van der Waals surface area contributed by atoms with Crippen LogP contribution in [0.5, 0.6) is 0 Å². The Kier molecular flexibility index (Phi) is 3.39. The van der Waals surface area contributed by atoms with E-state index in [1.807, 2.05) is 0 Å². The Hall–Kier alpha value is -1.43. The molecule has 1 rings (SSSR count). The van der Waals surface area contributed by atoms with Crippen molar-refractivity contribution in [1.82, 2.24) is 14.8 Å². The van der Waals surface area contributed by atoms with Crippen molar-refractivity contribution in [3.8, 4) is 0 Å². The van der Waals surface area contributed by atoms with E-state index in [1.54, 1.807) is 7.11 Å². The van der Waals surface area contributed by atoms with Gasteiger partial charge in [0.15, 0.2) is 0 Å². The van der Waals surface area contributed by atoms with E-state index in [-0.39, 0.29) is 6.54 Å². The van der Waals surface area contributed by atoms with Crippen molar-refractivity contribution < 1.29 is 14.6 Å². The first-order chi connectivity index (χ1) is 6.24. The molecule has 6 nitrogen and oxygen atoms in total. The van der Waals surface area contributed by atoms with Crippen molar-refractivity contribution in [2.24, 2.45) is 0 Å². The van der Waals surface area contributed by atoms with E-state index in [9.17, 15) is 4.79 Å². The van der Waals surface area contributed by atoms with Crippen LogP contribution in [0.4, 0.5) is 0 Å². The number of carboxylic acid groups (broad SMARTS) is 1. The average Bonchev–Trinajstić information content (AvgIpc) is 2.48. The van der Waals surface area contributed by atoms with E-state index in [0.717, 1.165) is 0 Å². The highest BCUT2D eigenvalue weighted by Crippen LogP contribution is 1.96. The molecule has 0 saturated heterocycles.